The van der Waals surface area contributed by atoms with Crippen LogP contribution in [0.4, 0.5) is 11.5 Å². The Kier molecular flexibility index (Phi) is 7.19. The van der Waals surface area contributed by atoms with Gasteiger partial charge in [-0.1, -0.05) is 60.7 Å². The molecule has 39 heavy (non-hydrogen) atoms. The van der Waals surface area contributed by atoms with Gasteiger partial charge in [-0.15, -0.1) is 0 Å². The molecule has 198 valence electrons. The van der Waals surface area contributed by atoms with Gasteiger partial charge >= 0.3 is 0 Å². The maximum Gasteiger partial charge on any atom is 0.254 e. The molecule has 1 amide bonds. The van der Waals surface area contributed by atoms with Gasteiger partial charge in [-0.25, -0.2) is 8.42 Å². The van der Waals surface area contributed by atoms with Crippen molar-refractivity contribution in [1.82, 2.24) is 14.1 Å². The molecule has 10 heteroatoms. The first kappa shape index (κ1) is 26.2. The Morgan fingerprint density at radius 3 is 2.13 bits per heavy atom. The van der Waals surface area contributed by atoms with Crippen molar-refractivity contribution in [3.63, 3.8) is 0 Å². The Balaban J connectivity index is 1.37. The van der Waals surface area contributed by atoms with Gasteiger partial charge in [-0.2, -0.15) is 14.7 Å². The van der Waals surface area contributed by atoms with Crippen molar-refractivity contribution in [3.8, 4) is 17.2 Å². The average molecular weight is 541 g/mol. The van der Waals surface area contributed by atoms with Crippen LogP contribution in [0, 0.1) is 11.3 Å². The number of nitrogens with two attached hydrogens (primary N) is 1. The van der Waals surface area contributed by atoms with Crippen LogP contribution in [0.15, 0.2) is 96.0 Å². The standard InChI is InChI=1S/C29H28N6O3S/c30-18-15-29(35-21-26(27(31)36)28(33-35)32-24-9-5-2-6-10-24)16-19-34(20-17-29)39(37,38)25-13-11-23(12-14-25)22-7-3-1-4-8-22/h1-14,21H,15-17,19-20H2,(H2,31,36)(H,32,33). The van der Waals surface area contributed by atoms with E-state index < -0.39 is 21.5 Å². The molecule has 9 nitrogen and oxygen atoms in total. The number of nitriles is 1. The normalized spacial score (nSPS) is 15.4. The van der Waals surface area contributed by atoms with Crippen LogP contribution in [0.5, 0.6) is 0 Å². The summed E-state index contributed by atoms with van der Waals surface area (Å²) in [6.07, 6.45) is 2.37. The summed E-state index contributed by atoms with van der Waals surface area (Å²) in [5.74, 6) is -0.356. The van der Waals surface area contributed by atoms with Gasteiger partial charge in [0, 0.05) is 25.0 Å². The molecule has 1 aliphatic heterocycles. The first-order chi connectivity index (χ1) is 18.8. The SMILES string of the molecule is N#CCC1(n2cc(C(N)=O)c(Nc3ccccc3)n2)CCN(S(=O)(=O)c2ccc(-c3ccccc3)cc2)CC1. The molecule has 1 fully saturated rings. The first-order valence-electron chi connectivity index (χ1n) is 12.6. The largest absolute Gasteiger partial charge is 0.365 e. The topological polar surface area (TPSA) is 134 Å². The Morgan fingerprint density at radius 1 is 0.949 bits per heavy atom. The van der Waals surface area contributed by atoms with E-state index in [4.69, 9.17) is 5.73 Å². The molecule has 1 saturated heterocycles. The second-order valence-electron chi connectivity index (χ2n) is 9.54. The maximum atomic E-state index is 13.5. The number of nitrogens with zero attached hydrogens (tertiary/aromatic N) is 4. The third kappa shape index (κ3) is 5.27. The number of rotatable bonds is 8. The smallest absolute Gasteiger partial charge is 0.254 e. The lowest BCUT2D eigenvalue weighted by Gasteiger charge is -2.40. The summed E-state index contributed by atoms with van der Waals surface area (Å²) in [6.45, 7) is 0.412. The predicted molar refractivity (Wildman–Crippen MR) is 149 cm³/mol. The second-order valence-corrected chi connectivity index (χ2v) is 11.5. The summed E-state index contributed by atoms with van der Waals surface area (Å²) in [5, 5.41) is 17.4. The van der Waals surface area contributed by atoms with E-state index in [0.717, 1.165) is 16.8 Å². The number of benzene rings is 3. The van der Waals surface area contributed by atoms with Crippen LogP contribution in [-0.2, 0) is 15.6 Å². The molecule has 2 heterocycles. The average Bonchev–Trinajstić information content (AvgIpc) is 3.39. The highest BCUT2D eigenvalue weighted by molar-refractivity contribution is 7.89. The molecule has 0 unspecified atom stereocenters. The quantitative estimate of drug-likeness (QED) is 0.338. The van der Waals surface area contributed by atoms with E-state index >= 15 is 0 Å². The van der Waals surface area contributed by atoms with E-state index in [1.54, 1.807) is 23.0 Å². The molecule has 0 spiro atoms. The molecular weight excluding hydrogens is 512 g/mol. The van der Waals surface area contributed by atoms with Crippen LogP contribution in [0.25, 0.3) is 11.1 Å². The van der Waals surface area contributed by atoms with Crippen LogP contribution >= 0.6 is 0 Å². The highest BCUT2D eigenvalue weighted by atomic mass is 32.2. The monoisotopic (exact) mass is 540 g/mol. The second kappa shape index (κ2) is 10.7. The van der Waals surface area contributed by atoms with Gasteiger partial charge in [-0.3, -0.25) is 9.48 Å². The summed E-state index contributed by atoms with van der Waals surface area (Å²) in [7, 11) is -3.73. The molecule has 5 rings (SSSR count). The van der Waals surface area contributed by atoms with Crippen molar-refractivity contribution in [2.45, 2.75) is 29.7 Å². The van der Waals surface area contributed by atoms with Crippen LogP contribution in [0.3, 0.4) is 0 Å². The highest BCUT2D eigenvalue weighted by Crippen LogP contribution is 2.37. The Bertz CT molecular complexity index is 1600. The van der Waals surface area contributed by atoms with Gasteiger partial charge in [0.05, 0.1) is 22.9 Å². The van der Waals surface area contributed by atoms with Crippen molar-refractivity contribution in [1.29, 1.82) is 5.26 Å². The Labute approximate surface area is 227 Å². The fraction of sp³-hybridized carbons (Fsp3) is 0.207. The lowest BCUT2D eigenvalue weighted by molar-refractivity contribution is 0.1000. The molecule has 0 saturated carbocycles. The van der Waals surface area contributed by atoms with Gasteiger partial charge in [-0.05, 0) is 48.2 Å². The maximum absolute atomic E-state index is 13.5. The molecule has 0 bridgehead atoms. The van der Waals surface area contributed by atoms with Crippen LogP contribution in [0.2, 0.25) is 0 Å². The van der Waals surface area contributed by atoms with E-state index in [2.05, 4.69) is 16.5 Å². The lowest BCUT2D eigenvalue weighted by Crippen LogP contribution is -2.48. The lowest BCUT2D eigenvalue weighted by atomic mass is 9.86. The number of anilines is 2. The third-order valence-electron chi connectivity index (χ3n) is 7.16. The van der Waals surface area contributed by atoms with Gasteiger partial charge in [0.1, 0.15) is 5.56 Å². The van der Waals surface area contributed by atoms with Crippen LogP contribution in [0.1, 0.15) is 29.6 Å². The summed E-state index contributed by atoms with van der Waals surface area (Å²) >= 11 is 0. The van der Waals surface area contributed by atoms with Crippen LogP contribution < -0.4 is 11.1 Å². The van der Waals surface area contributed by atoms with E-state index in [1.807, 2.05) is 72.8 Å². The Morgan fingerprint density at radius 2 is 1.54 bits per heavy atom. The number of carbonyl (C=O) groups excluding carboxylic acids is 1. The molecule has 4 aromatic rings. The zero-order chi connectivity index (χ0) is 27.5. The molecule has 3 aromatic carbocycles. The minimum atomic E-state index is -3.73. The number of sulfonamides is 1. The number of amides is 1. The molecule has 0 aliphatic carbocycles. The number of primary amides is 1. The number of para-hydroxylation sites is 1. The first-order valence-corrected chi connectivity index (χ1v) is 14.0. The minimum absolute atomic E-state index is 0.108. The predicted octanol–water partition coefficient (Wildman–Crippen LogP) is 4.49. The zero-order valence-corrected chi connectivity index (χ0v) is 22.0. The summed E-state index contributed by atoms with van der Waals surface area (Å²) in [6, 6.07) is 28.1. The van der Waals surface area contributed by atoms with Gasteiger partial charge in [0.2, 0.25) is 10.0 Å². The summed E-state index contributed by atoms with van der Waals surface area (Å²) < 4.78 is 30.0. The summed E-state index contributed by atoms with van der Waals surface area (Å²) in [5.41, 5.74) is 7.74. The fourth-order valence-electron chi connectivity index (χ4n) is 4.92. The minimum Gasteiger partial charge on any atom is -0.365 e. The van der Waals surface area contributed by atoms with Crippen molar-refractivity contribution >= 4 is 27.4 Å². The Hall–Kier alpha value is -4.46. The number of piperidine rings is 1. The van der Waals surface area contributed by atoms with Crippen LogP contribution in [-0.4, -0.2) is 41.5 Å². The van der Waals surface area contributed by atoms with Gasteiger partial charge in [0.15, 0.2) is 5.82 Å². The number of hydrogen-bond donors (Lipinski definition) is 2. The number of hydrogen-bond acceptors (Lipinski definition) is 6. The number of aromatic nitrogens is 2. The molecule has 1 aliphatic rings. The van der Waals surface area contributed by atoms with E-state index in [9.17, 15) is 18.5 Å². The molecule has 1 aromatic heterocycles. The fourth-order valence-corrected chi connectivity index (χ4v) is 6.37. The zero-order valence-electron chi connectivity index (χ0n) is 21.2. The summed E-state index contributed by atoms with van der Waals surface area (Å²) in [4.78, 5) is 12.4. The molecule has 0 atom stereocenters. The highest BCUT2D eigenvalue weighted by Gasteiger charge is 2.41. The van der Waals surface area contributed by atoms with E-state index in [0.29, 0.717) is 18.7 Å². The van der Waals surface area contributed by atoms with E-state index in [1.165, 1.54) is 4.31 Å². The van der Waals surface area contributed by atoms with Crippen molar-refractivity contribution in [2.75, 3.05) is 18.4 Å². The van der Waals surface area contributed by atoms with Crippen molar-refractivity contribution < 1.29 is 13.2 Å². The number of nitrogens with one attached hydrogen (secondary N) is 1. The number of carbonyl (C=O) groups is 1. The molecule has 3 N–H and O–H groups in total. The third-order valence-corrected chi connectivity index (χ3v) is 9.08. The van der Waals surface area contributed by atoms with Gasteiger partial charge in [0.25, 0.3) is 5.91 Å². The molecule has 0 radical (unpaired) electrons. The molecular formula is C29H28N6O3S. The van der Waals surface area contributed by atoms with Gasteiger partial charge < -0.3 is 11.1 Å². The van der Waals surface area contributed by atoms with Crippen molar-refractivity contribution in [3.05, 3.63) is 96.7 Å². The van der Waals surface area contributed by atoms with E-state index in [-0.39, 0.29) is 30.0 Å². The van der Waals surface area contributed by atoms with Crippen molar-refractivity contribution in [2.24, 2.45) is 5.73 Å².